The van der Waals surface area contributed by atoms with Crippen LogP contribution in [0.3, 0.4) is 0 Å². The summed E-state index contributed by atoms with van der Waals surface area (Å²) in [5, 5.41) is 0. The Morgan fingerprint density at radius 1 is 1.56 bits per heavy atom. The van der Waals surface area contributed by atoms with Gasteiger partial charge in [-0.1, -0.05) is 6.92 Å². The van der Waals surface area contributed by atoms with Gasteiger partial charge < -0.3 is 9.64 Å². The van der Waals surface area contributed by atoms with Crippen LogP contribution in [0.4, 0.5) is 5.95 Å². The molecule has 0 saturated carbocycles. The topological polar surface area (TPSA) is 55.3 Å². The van der Waals surface area contributed by atoms with E-state index in [4.69, 9.17) is 0 Å². The van der Waals surface area contributed by atoms with Gasteiger partial charge in [0.25, 0.3) is 0 Å². The first-order valence-corrected chi connectivity index (χ1v) is 6.28. The molecule has 1 aliphatic heterocycles. The van der Waals surface area contributed by atoms with Crippen molar-refractivity contribution >= 4 is 11.9 Å². The lowest BCUT2D eigenvalue weighted by Crippen LogP contribution is -2.35. The van der Waals surface area contributed by atoms with E-state index in [0.717, 1.165) is 13.1 Å². The van der Waals surface area contributed by atoms with Crippen molar-refractivity contribution < 1.29 is 9.53 Å². The highest BCUT2D eigenvalue weighted by molar-refractivity contribution is 5.90. The lowest BCUT2D eigenvalue weighted by Gasteiger charge is -2.31. The van der Waals surface area contributed by atoms with E-state index in [-0.39, 0.29) is 5.97 Å². The third kappa shape index (κ3) is 2.60. The van der Waals surface area contributed by atoms with Crippen molar-refractivity contribution in [2.45, 2.75) is 26.7 Å². The predicted octanol–water partition coefficient (Wildman–Crippen LogP) is 1.81. The zero-order valence-corrected chi connectivity index (χ0v) is 11.1. The first-order valence-electron chi connectivity index (χ1n) is 6.28. The standard InChI is InChI=1S/C13H19N3O2/c1-9-5-4-6-16(8-9)13-14-7-11(10(2)15-13)12(17)18-3/h7,9H,4-6,8H2,1-3H3/t9-/m1/s1. The molecule has 5 heteroatoms. The molecule has 1 aromatic heterocycles. The van der Waals surface area contributed by atoms with E-state index in [9.17, 15) is 4.79 Å². The second-order valence-electron chi connectivity index (χ2n) is 4.85. The summed E-state index contributed by atoms with van der Waals surface area (Å²) in [5.74, 6) is 1.00. The van der Waals surface area contributed by atoms with Gasteiger partial charge in [0.2, 0.25) is 5.95 Å². The monoisotopic (exact) mass is 249 g/mol. The lowest BCUT2D eigenvalue weighted by atomic mass is 10.0. The van der Waals surface area contributed by atoms with Crippen LogP contribution in [-0.2, 0) is 4.74 Å². The van der Waals surface area contributed by atoms with E-state index in [1.54, 1.807) is 6.20 Å². The van der Waals surface area contributed by atoms with Crippen molar-refractivity contribution in [2.24, 2.45) is 5.92 Å². The minimum absolute atomic E-state index is 0.383. The first kappa shape index (κ1) is 12.8. The van der Waals surface area contributed by atoms with Gasteiger partial charge in [0, 0.05) is 19.3 Å². The number of esters is 1. The second-order valence-corrected chi connectivity index (χ2v) is 4.85. The number of methoxy groups -OCH3 is 1. The fraction of sp³-hybridized carbons (Fsp3) is 0.615. The summed E-state index contributed by atoms with van der Waals surface area (Å²) in [4.78, 5) is 22.3. The molecule has 0 amide bonds. The van der Waals surface area contributed by atoms with Gasteiger partial charge >= 0.3 is 5.97 Å². The van der Waals surface area contributed by atoms with Crippen LogP contribution in [-0.4, -0.2) is 36.1 Å². The molecule has 0 unspecified atom stereocenters. The number of aryl methyl sites for hydroxylation is 1. The van der Waals surface area contributed by atoms with Gasteiger partial charge in [-0.3, -0.25) is 0 Å². The molecule has 2 heterocycles. The molecule has 0 spiro atoms. The molecule has 0 N–H and O–H groups in total. The molecule has 0 radical (unpaired) electrons. The van der Waals surface area contributed by atoms with Crippen LogP contribution < -0.4 is 4.90 Å². The smallest absolute Gasteiger partial charge is 0.341 e. The highest BCUT2D eigenvalue weighted by Crippen LogP contribution is 2.20. The van der Waals surface area contributed by atoms with Crippen LogP contribution in [0, 0.1) is 12.8 Å². The Kier molecular flexibility index (Phi) is 3.79. The minimum Gasteiger partial charge on any atom is -0.465 e. The molecule has 2 rings (SSSR count). The SMILES string of the molecule is COC(=O)c1cnc(N2CCC[C@@H](C)C2)nc1C. The van der Waals surface area contributed by atoms with Gasteiger partial charge in [0.15, 0.2) is 0 Å². The van der Waals surface area contributed by atoms with Crippen molar-refractivity contribution in [1.82, 2.24) is 9.97 Å². The molecular formula is C13H19N3O2. The molecule has 1 saturated heterocycles. The molecule has 0 bridgehead atoms. The third-order valence-corrected chi connectivity index (χ3v) is 3.31. The summed E-state index contributed by atoms with van der Waals surface area (Å²) < 4.78 is 4.69. The number of carbonyl (C=O) groups excluding carboxylic acids is 1. The molecule has 1 aliphatic rings. The Hall–Kier alpha value is -1.65. The number of rotatable bonds is 2. The maximum atomic E-state index is 11.5. The molecule has 5 nitrogen and oxygen atoms in total. The number of ether oxygens (including phenoxy) is 1. The van der Waals surface area contributed by atoms with Crippen molar-refractivity contribution in [3.8, 4) is 0 Å². The molecular weight excluding hydrogens is 230 g/mol. The molecule has 0 aliphatic carbocycles. The Balaban J connectivity index is 2.20. The molecule has 0 aromatic carbocycles. The van der Waals surface area contributed by atoms with Gasteiger partial charge in [-0.05, 0) is 25.7 Å². The Morgan fingerprint density at radius 2 is 2.33 bits per heavy atom. The number of hydrogen-bond acceptors (Lipinski definition) is 5. The van der Waals surface area contributed by atoms with Crippen LogP contribution in [0.15, 0.2) is 6.20 Å². The van der Waals surface area contributed by atoms with Crippen LogP contribution in [0.25, 0.3) is 0 Å². The molecule has 1 fully saturated rings. The summed E-state index contributed by atoms with van der Waals surface area (Å²) in [7, 11) is 1.36. The van der Waals surface area contributed by atoms with Gasteiger partial charge in [-0.25, -0.2) is 14.8 Å². The van der Waals surface area contributed by atoms with E-state index < -0.39 is 0 Å². The predicted molar refractivity (Wildman–Crippen MR) is 68.7 cm³/mol. The summed E-state index contributed by atoms with van der Waals surface area (Å²) in [5.41, 5.74) is 1.11. The van der Waals surface area contributed by atoms with E-state index in [0.29, 0.717) is 23.1 Å². The number of nitrogens with zero attached hydrogens (tertiary/aromatic N) is 3. The largest absolute Gasteiger partial charge is 0.465 e. The average Bonchev–Trinajstić information content (AvgIpc) is 2.37. The zero-order chi connectivity index (χ0) is 13.1. The van der Waals surface area contributed by atoms with E-state index in [1.807, 2.05) is 6.92 Å². The highest BCUT2D eigenvalue weighted by atomic mass is 16.5. The average molecular weight is 249 g/mol. The van der Waals surface area contributed by atoms with Crippen molar-refractivity contribution in [3.63, 3.8) is 0 Å². The maximum absolute atomic E-state index is 11.5. The summed E-state index contributed by atoms with van der Waals surface area (Å²) in [6.07, 6.45) is 3.99. The molecule has 98 valence electrons. The fourth-order valence-corrected chi connectivity index (χ4v) is 2.29. The quantitative estimate of drug-likeness (QED) is 0.748. The summed E-state index contributed by atoms with van der Waals surface area (Å²) in [6, 6.07) is 0. The van der Waals surface area contributed by atoms with Crippen molar-refractivity contribution in [1.29, 1.82) is 0 Å². The Morgan fingerprint density at radius 3 is 2.94 bits per heavy atom. The summed E-state index contributed by atoms with van der Waals surface area (Å²) in [6.45, 7) is 6.02. The number of aromatic nitrogens is 2. The molecule has 1 atom stereocenters. The number of carbonyl (C=O) groups is 1. The number of piperidine rings is 1. The molecule has 18 heavy (non-hydrogen) atoms. The van der Waals surface area contributed by atoms with Crippen molar-refractivity contribution in [3.05, 3.63) is 17.5 Å². The Bertz CT molecular complexity index is 448. The van der Waals surface area contributed by atoms with Gasteiger partial charge in [-0.2, -0.15) is 0 Å². The first-order chi connectivity index (χ1) is 8.61. The Labute approximate surface area is 107 Å². The number of anilines is 1. The normalized spacial score (nSPS) is 19.7. The van der Waals surface area contributed by atoms with Crippen LogP contribution in [0.1, 0.15) is 35.8 Å². The van der Waals surface area contributed by atoms with Crippen LogP contribution in [0.5, 0.6) is 0 Å². The minimum atomic E-state index is -0.383. The fourth-order valence-electron chi connectivity index (χ4n) is 2.29. The van der Waals surface area contributed by atoms with Gasteiger partial charge in [0.05, 0.1) is 18.4 Å². The molecule has 1 aromatic rings. The van der Waals surface area contributed by atoms with E-state index >= 15 is 0 Å². The maximum Gasteiger partial charge on any atom is 0.341 e. The third-order valence-electron chi connectivity index (χ3n) is 3.31. The van der Waals surface area contributed by atoms with E-state index in [2.05, 4.69) is 26.5 Å². The van der Waals surface area contributed by atoms with Crippen LogP contribution in [0.2, 0.25) is 0 Å². The summed E-state index contributed by atoms with van der Waals surface area (Å²) >= 11 is 0. The number of hydrogen-bond donors (Lipinski definition) is 0. The van der Waals surface area contributed by atoms with Crippen molar-refractivity contribution in [2.75, 3.05) is 25.1 Å². The van der Waals surface area contributed by atoms with Gasteiger partial charge in [0.1, 0.15) is 0 Å². The van der Waals surface area contributed by atoms with Crippen LogP contribution >= 0.6 is 0 Å². The second kappa shape index (κ2) is 5.33. The zero-order valence-electron chi connectivity index (χ0n) is 11.1. The highest BCUT2D eigenvalue weighted by Gasteiger charge is 2.20. The van der Waals surface area contributed by atoms with E-state index in [1.165, 1.54) is 20.0 Å². The van der Waals surface area contributed by atoms with Gasteiger partial charge in [-0.15, -0.1) is 0 Å². The lowest BCUT2D eigenvalue weighted by molar-refractivity contribution is 0.0599.